The van der Waals surface area contributed by atoms with Gasteiger partial charge < -0.3 is 10.2 Å². The first-order valence-corrected chi connectivity index (χ1v) is 8.08. The highest BCUT2D eigenvalue weighted by Crippen LogP contribution is 2.38. The van der Waals surface area contributed by atoms with Gasteiger partial charge in [0.05, 0.1) is 0 Å². The molecule has 1 aliphatic carbocycles. The maximum Gasteiger partial charge on any atom is 0.00504 e. The van der Waals surface area contributed by atoms with E-state index in [4.69, 9.17) is 0 Å². The first-order chi connectivity index (χ1) is 8.65. The first-order valence-electron chi connectivity index (χ1n) is 8.08. The van der Waals surface area contributed by atoms with Gasteiger partial charge in [0, 0.05) is 26.2 Å². The van der Waals surface area contributed by atoms with Crippen LogP contribution < -0.4 is 5.32 Å². The molecule has 2 heteroatoms. The molecule has 2 atom stereocenters. The van der Waals surface area contributed by atoms with Gasteiger partial charge in [-0.25, -0.2) is 0 Å². The summed E-state index contributed by atoms with van der Waals surface area (Å²) in [6.45, 7) is 13.4. The minimum atomic E-state index is 0.581. The van der Waals surface area contributed by atoms with E-state index in [0.29, 0.717) is 5.41 Å². The molecule has 2 rings (SSSR count). The molecular formula is C16H32N2. The number of hydrogen-bond acceptors (Lipinski definition) is 2. The number of nitrogens with one attached hydrogen (secondary N) is 1. The Labute approximate surface area is 114 Å². The average Bonchev–Trinajstić information content (AvgIpc) is 2.67. The van der Waals surface area contributed by atoms with Gasteiger partial charge in [-0.2, -0.15) is 0 Å². The summed E-state index contributed by atoms with van der Waals surface area (Å²) in [5, 5.41) is 3.63. The fourth-order valence-electron chi connectivity index (χ4n) is 3.94. The van der Waals surface area contributed by atoms with Crippen molar-refractivity contribution in [2.45, 2.75) is 52.9 Å². The molecule has 106 valence electrons. The normalized spacial score (nSPS) is 32.8. The van der Waals surface area contributed by atoms with E-state index in [9.17, 15) is 0 Å². The molecule has 0 aromatic carbocycles. The van der Waals surface area contributed by atoms with E-state index in [0.717, 1.165) is 18.4 Å². The van der Waals surface area contributed by atoms with Crippen molar-refractivity contribution in [2.24, 2.45) is 17.3 Å². The zero-order valence-corrected chi connectivity index (χ0v) is 12.7. The largest absolute Gasteiger partial charge is 0.316 e. The van der Waals surface area contributed by atoms with E-state index in [2.05, 4.69) is 31.0 Å². The van der Waals surface area contributed by atoms with Gasteiger partial charge in [0.1, 0.15) is 0 Å². The van der Waals surface area contributed by atoms with Crippen LogP contribution in [0.25, 0.3) is 0 Å². The maximum atomic E-state index is 3.63. The van der Waals surface area contributed by atoms with Crippen LogP contribution in [-0.2, 0) is 0 Å². The van der Waals surface area contributed by atoms with Gasteiger partial charge in [-0.15, -0.1) is 0 Å². The Morgan fingerprint density at radius 1 is 1.06 bits per heavy atom. The fourth-order valence-corrected chi connectivity index (χ4v) is 3.94. The molecule has 0 spiro atoms. The molecule has 0 bridgehead atoms. The Kier molecular flexibility index (Phi) is 5.08. The lowest BCUT2D eigenvalue weighted by atomic mass is 9.73. The third-order valence-electron chi connectivity index (χ3n) is 5.29. The molecule has 0 radical (unpaired) electrons. The molecule has 2 aliphatic rings. The maximum absolute atomic E-state index is 3.63. The molecule has 1 saturated heterocycles. The summed E-state index contributed by atoms with van der Waals surface area (Å²) in [4.78, 5) is 2.75. The minimum Gasteiger partial charge on any atom is -0.316 e. The summed E-state index contributed by atoms with van der Waals surface area (Å²) >= 11 is 0. The van der Waals surface area contributed by atoms with Crippen LogP contribution in [0.3, 0.4) is 0 Å². The van der Waals surface area contributed by atoms with Gasteiger partial charge in [0.2, 0.25) is 0 Å². The molecule has 1 saturated carbocycles. The van der Waals surface area contributed by atoms with Crippen LogP contribution in [0, 0.1) is 17.3 Å². The predicted octanol–water partition coefficient (Wildman–Crippen LogP) is 3.13. The van der Waals surface area contributed by atoms with Crippen LogP contribution >= 0.6 is 0 Å². The van der Waals surface area contributed by atoms with Gasteiger partial charge in [-0.3, -0.25) is 0 Å². The van der Waals surface area contributed by atoms with Crippen molar-refractivity contribution in [3.63, 3.8) is 0 Å². The lowest BCUT2D eigenvalue weighted by Gasteiger charge is -2.40. The minimum absolute atomic E-state index is 0.581. The van der Waals surface area contributed by atoms with Crippen LogP contribution in [0.2, 0.25) is 0 Å². The number of nitrogens with zero attached hydrogens (tertiary/aromatic N) is 1. The predicted molar refractivity (Wildman–Crippen MR) is 78.8 cm³/mol. The van der Waals surface area contributed by atoms with Crippen molar-refractivity contribution >= 4 is 0 Å². The van der Waals surface area contributed by atoms with Crippen molar-refractivity contribution in [3.05, 3.63) is 0 Å². The van der Waals surface area contributed by atoms with E-state index in [1.54, 1.807) is 0 Å². The molecule has 0 aromatic rings. The molecular weight excluding hydrogens is 220 g/mol. The number of hydrogen-bond donors (Lipinski definition) is 1. The second-order valence-corrected chi connectivity index (χ2v) is 6.99. The second kappa shape index (κ2) is 6.38. The quantitative estimate of drug-likeness (QED) is 0.808. The zero-order chi connectivity index (χ0) is 13.0. The Morgan fingerprint density at radius 3 is 2.22 bits per heavy atom. The van der Waals surface area contributed by atoms with Crippen molar-refractivity contribution in [1.29, 1.82) is 0 Å². The van der Waals surface area contributed by atoms with Crippen LogP contribution in [0.4, 0.5) is 0 Å². The van der Waals surface area contributed by atoms with E-state index >= 15 is 0 Å². The van der Waals surface area contributed by atoms with Gasteiger partial charge in [0.15, 0.2) is 0 Å². The SMILES string of the molecule is CCNCC1(CN2CC(C)C(C)C2)CCCCC1. The van der Waals surface area contributed by atoms with E-state index in [1.807, 2.05) is 0 Å². The zero-order valence-electron chi connectivity index (χ0n) is 12.7. The Hall–Kier alpha value is -0.0800. The molecule has 0 amide bonds. The van der Waals surface area contributed by atoms with Gasteiger partial charge in [-0.05, 0) is 36.6 Å². The molecule has 2 unspecified atom stereocenters. The summed E-state index contributed by atoms with van der Waals surface area (Å²) < 4.78 is 0. The van der Waals surface area contributed by atoms with Crippen molar-refractivity contribution in [2.75, 3.05) is 32.7 Å². The van der Waals surface area contributed by atoms with Gasteiger partial charge in [-0.1, -0.05) is 40.0 Å². The lowest BCUT2D eigenvalue weighted by Crippen LogP contribution is -2.45. The van der Waals surface area contributed by atoms with E-state index in [-0.39, 0.29) is 0 Å². The Morgan fingerprint density at radius 2 is 1.67 bits per heavy atom. The number of likely N-dealkylation sites (tertiary alicyclic amines) is 1. The monoisotopic (exact) mass is 252 g/mol. The smallest absolute Gasteiger partial charge is 0.00504 e. The van der Waals surface area contributed by atoms with Crippen LogP contribution in [0.1, 0.15) is 52.9 Å². The highest BCUT2D eigenvalue weighted by molar-refractivity contribution is 4.90. The lowest BCUT2D eigenvalue weighted by molar-refractivity contribution is 0.114. The Balaban J connectivity index is 1.92. The van der Waals surface area contributed by atoms with E-state index < -0.39 is 0 Å². The van der Waals surface area contributed by atoms with Crippen molar-refractivity contribution < 1.29 is 0 Å². The highest BCUT2D eigenvalue weighted by atomic mass is 15.2. The second-order valence-electron chi connectivity index (χ2n) is 6.99. The van der Waals surface area contributed by atoms with Gasteiger partial charge >= 0.3 is 0 Å². The van der Waals surface area contributed by atoms with Crippen LogP contribution in [-0.4, -0.2) is 37.6 Å². The molecule has 2 fully saturated rings. The summed E-state index contributed by atoms with van der Waals surface area (Å²) in [5.74, 6) is 1.79. The third-order valence-corrected chi connectivity index (χ3v) is 5.29. The summed E-state index contributed by atoms with van der Waals surface area (Å²) in [6, 6.07) is 0. The molecule has 1 aliphatic heterocycles. The molecule has 1 N–H and O–H groups in total. The van der Waals surface area contributed by atoms with Crippen molar-refractivity contribution in [1.82, 2.24) is 10.2 Å². The van der Waals surface area contributed by atoms with Crippen LogP contribution in [0.5, 0.6) is 0 Å². The first kappa shape index (κ1) is 14.3. The third kappa shape index (κ3) is 3.48. The average molecular weight is 252 g/mol. The summed E-state index contributed by atoms with van der Waals surface area (Å²) in [6.07, 6.45) is 7.24. The molecule has 18 heavy (non-hydrogen) atoms. The molecule has 0 aromatic heterocycles. The highest BCUT2D eigenvalue weighted by Gasteiger charge is 2.36. The summed E-state index contributed by atoms with van der Waals surface area (Å²) in [5.41, 5.74) is 0.581. The fraction of sp³-hybridized carbons (Fsp3) is 1.00. The summed E-state index contributed by atoms with van der Waals surface area (Å²) in [7, 11) is 0. The number of rotatable bonds is 5. The molecule has 1 heterocycles. The van der Waals surface area contributed by atoms with Gasteiger partial charge in [0.25, 0.3) is 0 Å². The standard InChI is InChI=1S/C16H32N2/c1-4-17-12-16(8-6-5-7-9-16)13-18-10-14(2)15(3)11-18/h14-15,17H,4-13H2,1-3H3. The Bertz CT molecular complexity index is 235. The molecule has 2 nitrogen and oxygen atoms in total. The van der Waals surface area contributed by atoms with Crippen molar-refractivity contribution in [3.8, 4) is 0 Å². The van der Waals surface area contributed by atoms with Crippen LogP contribution in [0.15, 0.2) is 0 Å². The van der Waals surface area contributed by atoms with E-state index in [1.165, 1.54) is 58.3 Å². The topological polar surface area (TPSA) is 15.3 Å².